The average molecular weight is 280 g/mol. The van der Waals surface area contributed by atoms with Crippen molar-refractivity contribution in [3.8, 4) is 0 Å². The van der Waals surface area contributed by atoms with Gasteiger partial charge in [0, 0.05) is 22.7 Å². The lowest BCUT2D eigenvalue weighted by molar-refractivity contribution is -0.131. The first-order valence-corrected chi connectivity index (χ1v) is 7.61. The van der Waals surface area contributed by atoms with Gasteiger partial charge in [-0.15, -0.1) is 11.8 Å². The molecule has 0 saturated heterocycles. The molecule has 0 atom stereocenters. The summed E-state index contributed by atoms with van der Waals surface area (Å²) < 4.78 is 0. The van der Waals surface area contributed by atoms with Crippen LogP contribution in [0.2, 0.25) is 0 Å². The monoisotopic (exact) mass is 280 g/mol. The third-order valence-corrected chi connectivity index (χ3v) is 3.99. The van der Waals surface area contributed by atoms with Crippen LogP contribution >= 0.6 is 11.8 Å². The summed E-state index contributed by atoms with van der Waals surface area (Å²) in [5.41, 5.74) is 7.84. The standard InChI is InChI=1S/C15H24N2OS/c1-10(2)17(11(3)4)15(18)9-19-14-7-6-12(5)8-13(14)16/h6-8,10-11H,9,16H2,1-5H3. The maximum Gasteiger partial charge on any atom is 0.233 e. The molecule has 3 nitrogen and oxygen atoms in total. The van der Waals surface area contributed by atoms with Crippen molar-refractivity contribution in [1.29, 1.82) is 0 Å². The molecule has 0 heterocycles. The van der Waals surface area contributed by atoms with Gasteiger partial charge in [0.25, 0.3) is 0 Å². The second-order valence-corrected chi connectivity index (χ2v) is 6.34. The van der Waals surface area contributed by atoms with Crippen LogP contribution in [0, 0.1) is 6.92 Å². The van der Waals surface area contributed by atoms with Crippen molar-refractivity contribution in [2.75, 3.05) is 11.5 Å². The van der Waals surface area contributed by atoms with Crippen molar-refractivity contribution in [3.05, 3.63) is 23.8 Å². The first kappa shape index (κ1) is 15.9. The third kappa shape index (κ3) is 4.46. The second kappa shape index (κ2) is 6.85. The lowest BCUT2D eigenvalue weighted by Crippen LogP contribution is -2.43. The van der Waals surface area contributed by atoms with Crippen molar-refractivity contribution in [1.82, 2.24) is 4.90 Å². The number of thioether (sulfide) groups is 1. The molecule has 0 saturated carbocycles. The number of benzene rings is 1. The van der Waals surface area contributed by atoms with Gasteiger partial charge in [-0.1, -0.05) is 6.07 Å². The SMILES string of the molecule is Cc1ccc(SCC(=O)N(C(C)C)C(C)C)c(N)c1. The van der Waals surface area contributed by atoms with Gasteiger partial charge in [-0.3, -0.25) is 4.79 Å². The highest BCUT2D eigenvalue weighted by atomic mass is 32.2. The molecule has 0 spiro atoms. The van der Waals surface area contributed by atoms with Gasteiger partial charge < -0.3 is 10.6 Å². The summed E-state index contributed by atoms with van der Waals surface area (Å²) in [5.74, 6) is 0.596. The Morgan fingerprint density at radius 1 is 1.26 bits per heavy atom. The highest BCUT2D eigenvalue weighted by Gasteiger charge is 2.20. The molecule has 1 amide bonds. The molecule has 2 N–H and O–H groups in total. The number of nitrogens with two attached hydrogens (primary N) is 1. The molecule has 0 fully saturated rings. The highest BCUT2D eigenvalue weighted by molar-refractivity contribution is 8.00. The van der Waals surface area contributed by atoms with Gasteiger partial charge in [0.15, 0.2) is 0 Å². The Bertz CT molecular complexity index is 436. The molecule has 1 aromatic carbocycles. The van der Waals surface area contributed by atoms with Crippen LogP contribution in [0.4, 0.5) is 5.69 Å². The van der Waals surface area contributed by atoms with E-state index in [0.29, 0.717) is 5.75 Å². The van der Waals surface area contributed by atoms with E-state index >= 15 is 0 Å². The fourth-order valence-corrected chi connectivity index (χ4v) is 3.00. The molecule has 0 aliphatic heterocycles. The van der Waals surface area contributed by atoms with Gasteiger partial charge in [-0.2, -0.15) is 0 Å². The zero-order valence-electron chi connectivity index (χ0n) is 12.4. The van der Waals surface area contributed by atoms with Crippen molar-refractivity contribution in [3.63, 3.8) is 0 Å². The van der Waals surface area contributed by atoms with Crippen LogP contribution in [0.25, 0.3) is 0 Å². The molecule has 19 heavy (non-hydrogen) atoms. The molecule has 0 aromatic heterocycles. The molecular formula is C15H24N2OS. The topological polar surface area (TPSA) is 46.3 Å². The minimum atomic E-state index is 0.162. The van der Waals surface area contributed by atoms with Gasteiger partial charge in [0.1, 0.15) is 0 Å². The first-order valence-electron chi connectivity index (χ1n) is 6.63. The van der Waals surface area contributed by atoms with Crippen LogP contribution in [-0.2, 0) is 4.79 Å². The van der Waals surface area contributed by atoms with Crippen molar-refractivity contribution in [2.24, 2.45) is 0 Å². The minimum absolute atomic E-state index is 0.162. The first-order chi connectivity index (χ1) is 8.82. The fourth-order valence-electron chi connectivity index (χ4n) is 2.19. The van der Waals surface area contributed by atoms with Crippen LogP contribution in [0.1, 0.15) is 33.3 Å². The summed E-state index contributed by atoms with van der Waals surface area (Å²) in [7, 11) is 0. The maximum absolute atomic E-state index is 12.2. The van der Waals surface area contributed by atoms with E-state index in [1.807, 2.05) is 57.7 Å². The highest BCUT2D eigenvalue weighted by Crippen LogP contribution is 2.26. The van der Waals surface area contributed by atoms with Crippen molar-refractivity contribution >= 4 is 23.4 Å². The van der Waals surface area contributed by atoms with E-state index in [2.05, 4.69) is 0 Å². The number of nitrogens with zero attached hydrogens (tertiary/aromatic N) is 1. The van der Waals surface area contributed by atoms with Gasteiger partial charge in [0.05, 0.1) is 5.75 Å². The van der Waals surface area contributed by atoms with E-state index < -0.39 is 0 Å². The van der Waals surface area contributed by atoms with Gasteiger partial charge >= 0.3 is 0 Å². The normalized spacial score (nSPS) is 11.1. The van der Waals surface area contributed by atoms with Crippen molar-refractivity contribution < 1.29 is 4.79 Å². The predicted octanol–water partition coefficient (Wildman–Crippen LogP) is 3.31. The number of rotatable bonds is 5. The quantitative estimate of drug-likeness (QED) is 0.665. The molecule has 106 valence electrons. The number of aryl methyl sites for hydroxylation is 1. The summed E-state index contributed by atoms with van der Waals surface area (Å²) in [4.78, 5) is 15.1. The summed E-state index contributed by atoms with van der Waals surface area (Å²) >= 11 is 1.51. The van der Waals surface area contributed by atoms with E-state index in [0.717, 1.165) is 16.1 Å². The Morgan fingerprint density at radius 3 is 2.32 bits per heavy atom. The van der Waals surface area contributed by atoms with Crippen LogP contribution in [-0.4, -0.2) is 28.6 Å². The Hall–Kier alpha value is -1.16. The van der Waals surface area contributed by atoms with E-state index in [1.165, 1.54) is 11.8 Å². The Labute approximate surface area is 120 Å². The van der Waals surface area contributed by atoms with Crippen LogP contribution < -0.4 is 5.73 Å². The van der Waals surface area contributed by atoms with E-state index in [9.17, 15) is 4.79 Å². The molecule has 4 heteroatoms. The van der Waals surface area contributed by atoms with Gasteiger partial charge in [-0.25, -0.2) is 0 Å². The minimum Gasteiger partial charge on any atom is -0.398 e. The average Bonchev–Trinajstić information content (AvgIpc) is 2.26. The van der Waals surface area contributed by atoms with Crippen LogP contribution in [0.3, 0.4) is 0 Å². The Kier molecular flexibility index (Phi) is 5.73. The number of amides is 1. The summed E-state index contributed by atoms with van der Waals surface area (Å²) in [5, 5.41) is 0. The van der Waals surface area contributed by atoms with E-state index in [-0.39, 0.29) is 18.0 Å². The van der Waals surface area contributed by atoms with Gasteiger partial charge in [-0.05, 0) is 52.3 Å². The van der Waals surface area contributed by atoms with E-state index in [1.54, 1.807) is 0 Å². The summed E-state index contributed by atoms with van der Waals surface area (Å²) in [6.07, 6.45) is 0. The molecular weight excluding hydrogens is 256 g/mol. The zero-order valence-corrected chi connectivity index (χ0v) is 13.3. The lowest BCUT2D eigenvalue weighted by Gasteiger charge is -2.30. The molecule has 0 radical (unpaired) electrons. The molecule has 0 aliphatic rings. The molecule has 1 aromatic rings. The second-order valence-electron chi connectivity index (χ2n) is 5.32. The molecule has 0 unspecified atom stereocenters. The number of anilines is 1. The molecule has 1 rings (SSSR count). The Balaban J connectivity index is 2.67. The number of nitrogen functional groups attached to an aromatic ring is 1. The molecule has 0 aliphatic carbocycles. The number of carbonyl (C=O) groups excluding carboxylic acids is 1. The predicted molar refractivity (Wildman–Crippen MR) is 83.4 cm³/mol. The Morgan fingerprint density at radius 2 is 1.84 bits per heavy atom. The smallest absolute Gasteiger partial charge is 0.233 e. The van der Waals surface area contributed by atoms with Crippen LogP contribution in [0.15, 0.2) is 23.1 Å². The van der Waals surface area contributed by atoms with Gasteiger partial charge in [0.2, 0.25) is 5.91 Å². The number of carbonyl (C=O) groups is 1. The lowest BCUT2D eigenvalue weighted by atomic mass is 10.2. The van der Waals surface area contributed by atoms with Crippen LogP contribution in [0.5, 0.6) is 0 Å². The number of hydrogen-bond acceptors (Lipinski definition) is 3. The van der Waals surface area contributed by atoms with E-state index in [4.69, 9.17) is 5.73 Å². The van der Waals surface area contributed by atoms with Crippen molar-refractivity contribution in [2.45, 2.75) is 51.6 Å². The number of hydrogen-bond donors (Lipinski definition) is 1. The maximum atomic E-state index is 12.2. The summed E-state index contributed by atoms with van der Waals surface area (Å²) in [6, 6.07) is 6.39. The largest absolute Gasteiger partial charge is 0.398 e. The zero-order chi connectivity index (χ0) is 14.6. The molecule has 0 bridgehead atoms. The fraction of sp³-hybridized carbons (Fsp3) is 0.533. The third-order valence-electron chi connectivity index (χ3n) is 2.92. The summed E-state index contributed by atoms with van der Waals surface area (Å²) in [6.45, 7) is 10.2.